The van der Waals surface area contributed by atoms with Crippen LogP contribution in [0.4, 0.5) is 0 Å². The first kappa shape index (κ1) is 13.6. The van der Waals surface area contributed by atoms with Gasteiger partial charge in [-0.2, -0.15) is 0 Å². The maximum atomic E-state index is 2.54. The zero-order valence-electron chi connectivity index (χ0n) is 12.7. The van der Waals surface area contributed by atoms with Gasteiger partial charge in [-0.1, -0.05) is 55.8 Å². The number of thiophene rings is 1. The molecule has 0 bridgehead atoms. The average molecular weight is 305 g/mol. The molecule has 1 unspecified atom stereocenters. The number of fused-ring (bicyclic) bond motifs is 3. The van der Waals surface area contributed by atoms with Gasteiger partial charge in [0.1, 0.15) is 0 Å². The van der Waals surface area contributed by atoms with Gasteiger partial charge in [-0.3, -0.25) is 0 Å². The first-order chi connectivity index (χ1) is 10.9. The number of para-hydroxylation sites is 2. The van der Waals surface area contributed by atoms with Crippen LogP contribution in [0.5, 0.6) is 0 Å². The molecule has 4 rings (SSSR count). The third kappa shape index (κ3) is 2.06. The molecule has 4 aromatic rings. The van der Waals surface area contributed by atoms with Crippen LogP contribution in [0.25, 0.3) is 21.8 Å². The molecular weight excluding hydrogens is 286 g/mol. The molecule has 2 heteroatoms. The summed E-state index contributed by atoms with van der Waals surface area (Å²) in [6, 6.07) is 22.4. The Labute approximate surface area is 134 Å². The highest BCUT2D eigenvalue weighted by atomic mass is 32.1. The van der Waals surface area contributed by atoms with Crippen LogP contribution < -0.4 is 0 Å². The van der Waals surface area contributed by atoms with Crippen LogP contribution in [0.3, 0.4) is 0 Å². The molecule has 0 saturated carbocycles. The van der Waals surface area contributed by atoms with Gasteiger partial charge in [-0.25, -0.2) is 0 Å². The predicted molar refractivity (Wildman–Crippen MR) is 96.8 cm³/mol. The minimum atomic E-state index is 0.426. The molecule has 0 spiro atoms. The van der Waals surface area contributed by atoms with Crippen molar-refractivity contribution in [2.75, 3.05) is 0 Å². The third-order valence-corrected chi connectivity index (χ3v) is 5.34. The van der Waals surface area contributed by atoms with E-state index in [1.807, 2.05) is 11.3 Å². The molecule has 0 N–H and O–H groups in total. The van der Waals surface area contributed by atoms with Crippen LogP contribution in [0, 0.1) is 0 Å². The van der Waals surface area contributed by atoms with Crippen molar-refractivity contribution in [1.29, 1.82) is 0 Å². The Morgan fingerprint density at radius 3 is 2.05 bits per heavy atom. The number of aromatic nitrogens is 1. The van der Waals surface area contributed by atoms with E-state index in [1.165, 1.54) is 39.5 Å². The van der Waals surface area contributed by atoms with Gasteiger partial charge in [0.25, 0.3) is 0 Å². The van der Waals surface area contributed by atoms with Crippen molar-refractivity contribution in [3.8, 4) is 0 Å². The Morgan fingerprint density at radius 2 is 1.50 bits per heavy atom. The first-order valence-electron chi connectivity index (χ1n) is 7.91. The standard InChI is InChI=1S/C20H19NS/c1-2-8-19(20-13-7-14-22-20)21-17-11-5-3-9-15(17)16-10-4-6-12-18(16)21/h3-7,9-14,19H,2,8H2,1H3. The molecule has 0 radical (unpaired) electrons. The number of nitrogens with zero attached hydrogens (tertiary/aromatic N) is 1. The lowest BCUT2D eigenvalue weighted by Gasteiger charge is -2.20. The number of hydrogen-bond donors (Lipinski definition) is 0. The molecule has 1 atom stereocenters. The number of benzene rings is 2. The van der Waals surface area contributed by atoms with Gasteiger partial charge in [0.15, 0.2) is 0 Å². The molecule has 0 aliphatic rings. The van der Waals surface area contributed by atoms with E-state index in [-0.39, 0.29) is 0 Å². The van der Waals surface area contributed by atoms with Gasteiger partial charge in [-0.15, -0.1) is 11.3 Å². The minimum Gasteiger partial charge on any atom is -0.332 e. The molecule has 0 saturated heterocycles. The van der Waals surface area contributed by atoms with E-state index in [0.717, 1.165) is 0 Å². The molecule has 2 heterocycles. The van der Waals surface area contributed by atoms with E-state index in [0.29, 0.717) is 6.04 Å². The smallest absolute Gasteiger partial charge is 0.0684 e. The minimum absolute atomic E-state index is 0.426. The summed E-state index contributed by atoms with van der Waals surface area (Å²) in [4.78, 5) is 1.45. The van der Waals surface area contributed by atoms with Crippen molar-refractivity contribution in [1.82, 2.24) is 4.57 Å². The van der Waals surface area contributed by atoms with E-state index >= 15 is 0 Å². The molecule has 0 aliphatic carbocycles. The summed E-state index contributed by atoms with van der Waals surface area (Å²) < 4.78 is 2.54. The lowest BCUT2D eigenvalue weighted by molar-refractivity contribution is 0.570. The third-order valence-electron chi connectivity index (χ3n) is 4.36. The fourth-order valence-corrected chi connectivity index (χ4v) is 4.29. The predicted octanol–water partition coefficient (Wildman–Crippen LogP) is 6.25. The van der Waals surface area contributed by atoms with Crippen LogP contribution in [0.1, 0.15) is 30.7 Å². The first-order valence-corrected chi connectivity index (χ1v) is 8.79. The highest BCUT2D eigenvalue weighted by molar-refractivity contribution is 7.10. The Hall–Kier alpha value is -2.06. The fraction of sp³-hybridized carbons (Fsp3) is 0.200. The summed E-state index contributed by atoms with van der Waals surface area (Å²) in [6.07, 6.45) is 2.35. The Balaban J connectivity index is 2.06. The van der Waals surface area contributed by atoms with Crippen LogP contribution in [-0.4, -0.2) is 4.57 Å². The zero-order valence-corrected chi connectivity index (χ0v) is 13.5. The van der Waals surface area contributed by atoms with E-state index < -0.39 is 0 Å². The Morgan fingerprint density at radius 1 is 0.864 bits per heavy atom. The summed E-state index contributed by atoms with van der Waals surface area (Å²) in [7, 11) is 0. The molecule has 1 nitrogen and oxygen atoms in total. The highest BCUT2D eigenvalue weighted by Crippen LogP contribution is 2.37. The molecule has 110 valence electrons. The van der Waals surface area contributed by atoms with Crippen molar-refractivity contribution in [2.24, 2.45) is 0 Å². The van der Waals surface area contributed by atoms with Crippen LogP contribution in [0.2, 0.25) is 0 Å². The van der Waals surface area contributed by atoms with Crippen molar-refractivity contribution in [3.05, 3.63) is 70.9 Å². The van der Waals surface area contributed by atoms with E-state index in [9.17, 15) is 0 Å². The van der Waals surface area contributed by atoms with Crippen molar-refractivity contribution in [3.63, 3.8) is 0 Å². The quantitative estimate of drug-likeness (QED) is 0.420. The average Bonchev–Trinajstić information content (AvgIpc) is 3.20. The van der Waals surface area contributed by atoms with Gasteiger partial charge >= 0.3 is 0 Å². The maximum Gasteiger partial charge on any atom is 0.0684 e. The van der Waals surface area contributed by atoms with Crippen LogP contribution in [-0.2, 0) is 0 Å². The van der Waals surface area contributed by atoms with E-state index in [2.05, 4.69) is 77.5 Å². The number of rotatable bonds is 4. The van der Waals surface area contributed by atoms with Gasteiger partial charge in [0, 0.05) is 26.7 Å². The monoisotopic (exact) mass is 305 g/mol. The molecule has 0 fully saturated rings. The zero-order chi connectivity index (χ0) is 14.9. The summed E-state index contributed by atoms with van der Waals surface area (Å²) in [5, 5.41) is 4.90. The molecular formula is C20H19NS. The Kier molecular flexibility index (Phi) is 3.47. The molecule has 2 aromatic carbocycles. The van der Waals surface area contributed by atoms with Crippen molar-refractivity contribution < 1.29 is 0 Å². The highest BCUT2D eigenvalue weighted by Gasteiger charge is 2.19. The van der Waals surface area contributed by atoms with Gasteiger partial charge < -0.3 is 4.57 Å². The van der Waals surface area contributed by atoms with Gasteiger partial charge in [0.2, 0.25) is 0 Å². The fourth-order valence-electron chi connectivity index (χ4n) is 3.44. The lowest BCUT2D eigenvalue weighted by atomic mass is 10.1. The van der Waals surface area contributed by atoms with Gasteiger partial charge in [-0.05, 0) is 30.0 Å². The summed E-state index contributed by atoms with van der Waals surface area (Å²) in [5.41, 5.74) is 2.69. The molecule has 0 aliphatic heterocycles. The van der Waals surface area contributed by atoms with Crippen LogP contribution >= 0.6 is 11.3 Å². The van der Waals surface area contributed by atoms with Crippen molar-refractivity contribution >= 4 is 33.1 Å². The van der Waals surface area contributed by atoms with Crippen molar-refractivity contribution in [2.45, 2.75) is 25.8 Å². The Bertz CT molecular complexity index is 849. The maximum absolute atomic E-state index is 2.54. The molecule has 2 aromatic heterocycles. The van der Waals surface area contributed by atoms with E-state index in [1.54, 1.807) is 0 Å². The second-order valence-electron chi connectivity index (χ2n) is 5.72. The van der Waals surface area contributed by atoms with Crippen LogP contribution in [0.15, 0.2) is 66.0 Å². The number of hydrogen-bond acceptors (Lipinski definition) is 1. The largest absolute Gasteiger partial charge is 0.332 e. The molecule has 22 heavy (non-hydrogen) atoms. The summed E-state index contributed by atoms with van der Waals surface area (Å²) in [5.74, 6) is 0. The molecule has 0 amide bonds. The topological polar surface area (TPSA) is 4.93 Å². The van der Waals surface area contributed by atoms with Gasteiger partial charge in [0.05, 0.1) is 6.04 Å². The van der Waals surface area contributed by atoms with E-state index in [4.69, 9.17) is 0 Å². The second kappa shape index (κ2) is 5.62. The summed E-state index contributed by atoms with van der Waals surface area (Å²) in [6.45, 7) is 2.27. The normalized spacial score (nSPS) is 13.0. The second-order valence-corrected chi connectivity index (χ2v) is 6.70. The lowest BCUT2D eigenvalue weighted by Crippen LogP contribution is -2.08. The summed E-state index contributed by atoms with van der Waals surface area (Å²) >= 11 is 1.87. The SMILES string of the molecule is CCCC(c1cccs1)n1c2ccccc2c2ccccc21.